The molecule has 0 bridgehead atoms. The number of alkyl halides is 3. The van der Waals surface area contributed by atoms with Crippen molar-refractivity contribution in [2.75, 3.05) is 10.2 Å². The van der Waals surface area contributed by atoms with Gasteiger partial charge in [0.15, 0.2) is 5.84 Å². The summed E-state index contributed by atoms with van der Waals surface area (Å²) in [4.78, 5) is 0. The highest BCUT2D eigenvalue weighted by Crippen LogP contribution is 2.32. The number of amidine groups is 1. The molecule has 4 rings (SSSR count). The maximum absolute atomic E-state index is 12.9. The number of halogens is 3. The van der Waals surface area contributed by atoms with Gasteiger partial charge in [0, 0.05) is 5.56 Å². The van der Waals surface area contributed by atoms with Crippen molar-refractivity contribution in [3.8, 4) is 0 Å². The van der Waals surface area contributed by atoms with Gasteiger partial charge in [-0.3, -0.25) is 5.43 Å². The summed E-state index contributed by atoms with van der Waals surface area (Å²) in [7, 11) is 0. The molecule has 27 heavy (non-hydrogen) atoms. The minimum Gasteiger partial charge on any atom is -0.259 e. The number of nitrogens with one attached hydrogen (secondary N) is 1. The van der Waals surface area contributed by atoms with Crippen LogP contribution in [0.15, 0.2) is 90.0 Å². The first-order chi connectivity index (χ1) is 13.0. The van der Waals surface area contributed by atoms with E-state index in [0.717, 1.165) is 23.4 Å². The number of rotatable bonds is 3. The maximum atomic E-state index is 12.9. The smallest absolute Gasteiger partial charge is 0.259 e. The third-order valence-electron chi connectivity index (χ3n) is 4.07. The van der Waals surface area contributed by atoms with Gasteiger partial charge in [-0.05, 0) is 36.4 Å². The van der Waals surface area contributed by atoms with Gasteiger partial charge in [0.05, 0.1) is 16.9 Å². The molecule has 0 aliphatic carbocycles. The Morgan fingerprint density at radius 1 is 0.704 bits per heavy atom. The van der Waals surface area contributed by atoms with Crippen molar-refractivity contribution < 1.29 is 13.2 Å². The van der Waals surface area contributed by atoms with Crippen molar-refractivity contribution >= 4 is 17.2 Å². The van der Waals surface area contributed by atoms with Crippen molar-refractivity contribution in [1.29, 1.82) is 0 Å². The fourth-order valence-electron chi connectivity index (χ4n) is 2.73. The van der Waals surface area contributed by atoms with Crippen LogP contribution in [0.25, 0.3) is 0 Å². The normalized spacial score (nSPS) is 14.1. The monoisotopic (exact) mass is 368 g/mol. The van der Waals surface area contributed by atoms with E-state index in [0.29, 0.717) is 11.5 Å². The van der Waals surface area contributed by atoms with E-state index >= 15 is 0 Å². The Balaban J connectivity index is 1.71. The minimum atomic E-state index is -4.37. The van der Waals surface area contributed by atoms with Gasteiger partial charge in [-0.1, -0.05) is 48.5 Å². The van der Waals surface area contributed by atoms with Gasteiger partial charge in [0.1, 0.15) is 0 Å². The molecular weight excluding hydrogens is 353 g/mol. The van der Waals surface area contributed by atoms with Crippen molar-refractivity contribution in [2.45, 2.75) is 6.18 Å². The van der Waals surface area contributed by atoms with Gasteiger partial charge >= 0.3 is 6.18 Å². The predicted molar refractivity (Wildman–Crippen MR) is 99.0 cm³/mol. The Kier molecular flexibility index (Phi) is 4.19. The third-order valence-corrected chi connectivity index (χ3v) is 4.07. The zero-order valence-electron chi connectivity index (χ0n) is 14.1. The van der Waals surface area contributed by atoms with Crippen LogP contribution in [0.3, 0.4) is 0 Å². The quantitative estimate of drug-likeness (QED) is 0.720. The number of anilines is 2. The molecule has 0 spiro atoms. The topological polar surface area (TPSA) is 30.9 Å². The minimum absolute atomic E-state index is 0.529. The van der Waals surface area contributed by atoms with E-state index < -0.39 is 11.7 Å². The highest BCUT2D eigenvalue weighted by Gasteiger charge is 2.31. The van der Waals surface area contributed by atoms with Crippen molar-refractivity contribution in [3.05, 3.63) is 96.1 Å². The Morgan fingerprint density at radius 3 is 1.89 bits per heavy atom. The van der Waals surface area contributed by atoms with Crippen LogP contribution in [0.4, 0.5) is 24.5 Å². The summed E-state index contributed by atoms with van der Waals surface area (Å²) in [5.41, 5.74) is 4.64. The summed E-state index contributed by atoms with van der Waals surface area (Å²) >= 11 is 0. The van der Waals surface area contributed by atoms with Gasteiger partial charge in [0.25, 0.3) is 0 Å². The molecule has 0 fully saturated rings. The molecule has 7 heteroatoms. The van der Waals surface area contributed by atoms with Crippen LogP contribution in [0.2, 0.25) is 0 Å². The van der Waals surface area contributed by atoms with Crippen LogP contribution in [0.1, 0.15) is 11.1 Å². The summed E-state index contributed by atoms with van der Waals surface area (Å²) in [5, 5.41) is 7.83. The number of hydrazine groups is 2. The number of hydrogen-bond acceptors (Lipinski definition) is 4. The summed E-state index contributed by atoms with van der Waals surface area (Å²) in [6, 6.07) is 23.8. The molecule has 0 aromatic heterocycles. The van der Waals surface area contributed by atoms with Crippen molar-refractivity contribution in [2.24, 2.45) is 5.10 Å². The van der Waals surface area contributed by atoms with E-state index in [1.165, 1.54) is 12.1 Å². The summed E-state index contributed by atoms with van der Waals surface area (Å²) in [5.74, 6) is 0.597. The fourth-order valence-corrected chi connectivity index (χ4v) is 2.73. The Bertz CT molecular complexity index is 938. The molecule has 3 aromatic rings. The molecule has 4 nitrogen and oxygen atoms in total. The average Bonchev–Trinajstić information content (AvgIpc) is 3.14. The van der Waals surface area contributed by atoms with Crippen LogP contribution >= 0.6 is 0 Å². The van der Waals surface area contributed by atoms with Crippen LogP contribution in [-0.2, 0) is 6.18 Å². The lowest BCUT2D eigenvalue weighted by Gasteiger charge is -2.28. The SMILES string of the molecule is FC(F)(F)c1ccc(N2NC(c3ccccc3)=NN2c2ccccc2)cc1. The number of hydrogen-bond donors (Lipinski definition) is 1. The summed E-state index contributed by atoms with van der Waals surface area (Å²) in [6.45, 7) is 0. The van der Waals surface area contributed by atoms with Crippen LogP contribution in [-0.4, -0.2) is 5.84 Å². The zero-order valence-corrected chi connectivity index (χ0v) is 14.1. The molecule has 1 heterocycles. The number of benzene rings is 3. The molecule has 1 N–H and O–H groups in total. The second-order valence-corrected chi connectivity index (χ2v) is 5.91. The zero-order chi connectivity index (χ0) is 18.9. The molecule has 0 radical (unpaired) electrons. The highest BCUT2D eigenvalue weighted by molar-refractivity contribution is 6.02. The van der Waals surface area contributed by atoms with Gasteiger partial charge in [-0.2, -0.15) is 23.4 Å². The van der Waals surface area contributed by atoms with Crippen LogP contribution in [0.5, 0.6) is 0 Å². The Hall–Kier alpha value is -3.48. The van der Waals surface area contributed by atoms with E-state index in [1.807, 2.05) is 60.7 Å². The van der Waals surface area contributed by atoms with Crippen LogP contribution < -0.4 is 15.7 Å². The molecule has 1 aliphatic heterocycles. The summed E-state index contributed by atoms with van der Waals surface area (Å²) in [6.07, 6.45) is -4.37. The summed E-state index contributed by atoms with van der Waals surface area (Å²) < 4.78 is 38.6. The standard InChI is InChI=1S/C20H15F3N4/c21-20(22,23)16-11-13-18(14-12-16)27-25-19(15-7-3-1-4-8-15)24-26(27)17-9-5-2-6-10-17/h1-14H,(H,24,25). The van der Waals surface area contributed by atoms with E-state index in [4.69, 9.17) is 0 Å². The molecule has 0 saturated carbocycles. The molecular formula is C20H15F3N4. The lowest BCUT2D eigenvalue weighted by Crippen LogP contribution is -2.44. The highest BCUT2D eigenvalue weighted by atomic mass is 19.4. The number of hydrazone groups is 1. The van der Waals surface area contributed by atoms with Gasteiger partial charge in [-0.15, -0.1) is 5.10 Å². The van der Waals surface area contributed by atoms with Crippen molar-refractivity contribution in [1.82, 2.24) is 5.43 Å². The fraction of sp³-hybridized carbons (Fsp3) is 0.0500. The second-order valence-electron chi connectivity index (χ2n) is 5.91. The van der Waals surface area contributed by atoms with Crippen molar-refractivity contribution in [3.63, 3.8) is 0 Å². The van der Waals surface area contributed by atoms with E-state index in [1.54, 1.807) is 10.2 Å². The number of para-hydroxylation sites is 1. The Labute approximate surface area is 154 Å². The molecule has 0 saturated heterocycles. The first-order valence-corrected chi connectivity index (χ1v) is 8.25. The average molecular weight is 368 g/mol. The first-order valence-electron chi connectivity index (χ1n) is 8.25. The van der Waals surface area contributed by atoms with E-state index in [9.17, 15) is 13.2 Å². The Morgan fingerprint density at radius 2 is 1.30 bits per heavy atom. The maximum Gasteiger partial charge on any atom is 0.416 e. The lowest BCUT2D eigenvalue weighted by molar-refractivity contribution is -0.137. The lowest BCUT2D eigenvalue weighted by atomic mass is 10.2. The molecule has 136 valence electrons. The molecule has 0 amide bonds. The van der Waals surface area contributed by atoms with Crippen LogP contribution in [0, 0.1) is 0 Å². The number of nitrogens with zero attached hydrogens (tertiary/aromatic N) is 3. The van der Waals surface area contributed by atoms with Gasteiger partial charge in [-0.25, -0.2) is 0 Å². The van der Waals surface area contributed by atoms with Gasteiger partial charge in [0.2, 0.25) is 0 Å². The third kappa shape index (κ3) is 3.44. The van der Waals surface area contributed by atoms with E-state index in [-0.39, 0.29) is 0 Å². The first kappa shape index (κ1) is 17.0. The van der Waals surface area contributed by atoms with Gasteiger partial charge < -0.3 is 0 Å². The molecule has 0 unspecified atom stereocenters. The molecule has 3 aromatic carbocycles. The predicted octanol–water partition coefficient (Wildman–Crippen LogP) is 4.81. The van der Waals surface area contributed by atoms with E-state index in [2.05, 4.69) is 10.5 Å². The molecule has 1 aliphatic rings. The molecule has 0 atom stereocenters. The largest absolute Gasteiger partial charge is 0.416 e. The second kappa shape index (κ2) is 6.68.